The molecule has 4 N–H and O–H groups in total. The summed E-state index contributed by atoms with van der Waals surface area (Å²) in [6, 6.07) is 5.10. The molecular weight excluding hydrogens is 228 g/mol. The van der Waals surface area contributed by atoms with Crippen LogP contribution in [-0.4, -0.2) is 15.9 Å². The summed E-state index contributed by atoms with van der Waals surface area (Å²) < 4.78 is 0. The summed E-state index contributed by atoms with van der Waals surface area (Å²) in [6.45, 7) is 3.77. The number of carbonyl (C=O) groups excluding carboxylic acids is 1. The Labute approximate surface area is 105 Å². The number of H-pyrrole nitrogens is 1. The van der Waals surface area contributed by atoms with Crippen LogP contribution in [0.5, 0.6) is 0 Å². The number of nitrogens with one attached hydrogen (secondary N) is 2. The lowest BCUT2D eigenvalue weighted by Crippen LogP contribution is -2.27. The van der Waals surface area contributed by atoms with Gasteiger partial charge in [-0.05, 0) is 31.5 Å². The number of benzene rings is 1. The van der Waals surface area contributed by atoms with Crippen LogP contribution in [0.3, 0.4) is 0 Å². The van der Waals surface area contributed by atoms with Crippen LogP contribution < -0.4 is 11.1 Å². The molecule has 0 bridgehead atoms. The molecule has 94 valence electrons. The Morgan fingerprint density at radius 3 is 2.89 bits per heavy atom. The molecule has 18 heavy (non-hydrogen) atoms. The molecule has 2 aromatic rings. The van der Waals surface area contributed by atoms with Crippen molar-refractivity contribution in [2.45, 2.75) is 19.9 Å². The van der Waals surface area contributed by atoms with Gasteiger partial charge >= 0.3 is 0 Å². The predicted octanol–water partition coefficient (Wildman–Crippen LogP) is 1.79. The second-order valence-corrected chi connectivity index (χ2v) is 4.24. The van der Waals surface area contributed by atoms with Gasteiger partial charge in [0.2, 0.25) is 0 Å². The van der Waals surface area contributed by atoms with Crippen molar-refractivity contribution in [3.63, 3.8) is 0 Å². The van der Waals surface area contributed by atoms with Crippen LogP contribution >= 0.6 is 0 Å². The van der Waals surface area contributed by atoms with E-state index in [-0.39, 0.29) is 11.9 Å². The third-order valence-electron chi connectivity index (χ3n) is 2.82. The lowest BCUT2D eigenvalue weighted by molar-refractivity contribution is 0.0938. The van der Waals surface area contributed by atoms with E-state index in [4.69, 9.17) is 5.73 Å². The quantitative estimate of drug-likeness (QED) is 0.720. The molecule has 5 heteroatoms. The fourth-order valence-electron chi connectivity index (χ4n) is 1.64. The number of nitrogens with zero attached hydrogens (tertiary/aromatic N) is 1. The third-order valence-corrected chi connectivity index (χ3v) is 2.82. The number of aromatic amines is 1. The van der Waals surface area contributed by atoms with Crippen molar-refractivity contribution in [1.82, 2.24) is 15.3 Å². The van der Waals surface area contributed by atoms with Gasteiger partial charge in [-0.1, -0.05) is 6.07 Å². The summed E-state index contributed by atoms with van der Waals surface area (Å²) in [4.78, 5) is 19.1. The molecule has 0 saturated carbocycles. The lowest BCUT2D eigenvalue weighted by Gasteiger charge is -2.12. The van der Waals surface area contributed by atoms with Gasteiger partial charge in [0.1, 0.15) is 5.82 Å². The number of nitrogen functional groups attached to an aromatic ring is 1. The van der Waals surface area contributed by atoms with Crippen molar-refractivity contribution in [3.8, 4) is 0 Å². The second-order valence-electron chi connectivity index (χ2n) is 4.24. The highest BCUT2D eigenvalue weighted by Crippen LogP contribution is 2.14. The van der Waals surface area contributed by atoms with Crippen molar-refractivity contribution in [2.75, 3.05) is 5.73 Å². The molecule has 1 amide bonds. The average Bonchev–Trinajstić information content (AvgIpc) is 2.86. The second kappa shape index (κ2) is 4.91. The Hall–Kier alpha value is -2.30. The molecule has 1 aromatic carbocycles. The Balaban J connectivity index is 2.10. The van der Waals surface area contributed by atoms with Crippen molar-refractivity contribution in [1.29, 1.82) is 0 Å². The first-order valence-corrected chi connectivity index (χ1v) is 5.74. The average molecular weight is 244 g/mol. The first-order valence-electron chi connectivity index (χ1n) is 5.74. The van der Waals surface area contributed by atoms with Crippen molar-refractivity contribution in [2.24, 2.45) is 0 Å². The molecule has 5 nitrogen and oxygen atoms in total. The number of rotatable bonds is 3. The topological polar surface area (TPSA) is 83.8 Å². The van der Waals surface area contributed by atoms with Crippen LogP contribution in [0.25, 0.3) is 0 Å². The van der Waals surface area contributed by atoms with Gasteiger partial charge in [0.25, 0.3) is 5.91 Å². The minimum absolute atomic E-state index is 0.161. The van der Waals surface area contributed by atoms with Gasteiger partial charge in [-0.15, -0.1) is 0 Å². The van der Waals surface area contributed by atoms with Crippen LogP contribution in [0.4, 0.5) is 5.69 Å². The molecule has 0 aliphatic rings. The van der Waals surface area contributed by atoms with Gasteiger partial charge in [-0.2, -0.15) is 0 Å². The Kier molecular flexibility index (Phi) is 3.32. The van der Waals surface area contributed by atoms with E-state index in [9.17, 15) is 4.79 Å². The molecule has 0 saturated heterocycles. The monoisotopic (exact) mass is 244 g/mol. The van der Waals surface area contributed by atoms with E-state index in [1.54, 1.807) is 24.5 Å². The van der Waals surface area contributed by atoms with Crippen LogP contribution in [0.2, 0.25) is 0 Å². The van der Waals surface area contributed by atoms with Gasteiger partial charge in [0.15, 0.2) is 0 Å². The predicted molar refractivity (Wildman–Crippen MR) is 70.1 cm³/mol. The molecule has 1 unspecified atom stereocenters. The van der Waals surface area contributed by atoms with E-state index in [2.05, 4.69) is 15.3 Å². The highest BCUT2D eigenvalue weighted by molar-refractivity contribution is 5.95. The zero-order valence-electron chi connectivity index (χ0n) is 10.4. The van der Waals surface area contributed by atoms with E-state index < -0.39 is 0 Å². The maximum Gasteiger partial charge on any atom is 0.251 e. The third kappa shape index (κ3) is 2.51. The maximum absolute atomic E-state index is 12.0. The van der Waals surface area contributed by atoms with E-state index >= 15 is 0 Å². The van der Waals surface area contributed by atoms with E-state index in [1.165, 1.54) is 0 Å². The lowest BCUT2D eigenvalue weighted by atomic mass is 10.1. The van der Waals surface area contributed by atoms with Gasteiger partial charge < -0.3 is 16.0 Å². The first kappa shape index (κ1) is 12.2. The van der Waals surface area contributed by atoms with Crippen LogP contribution in [0, 0.1) is 6.92 Å². The summed E-state index contributed by atoms with van der Waals surface area (Å²) in [5.74, 6) is 0.564. The highest BCUT2D eigenvalue weighted by atomic mass is 16.1. The zero-order chi connectivity index (χ0) is 13.1. The van der Waals surface area contributed by atoms with Crippen molar-refractivity contribution in [3.05, 3.63) is 47.5 Å². The number of anilines is 1. The number of amides is 1. The van der Waals surface area contributed by atoms with E-state index in [1.807, 2.05) is 19.9 Å². The fourth-order valence-corrected chi connectivity index (χ4v) is 1.64. The summed E-state index contributed by atoms with van der Waals surface area (Å²) in [5, 5.41) is 2.86. The standard InChI is InChI=1S/C13H16N4O/c1-8-3-4-10(7-11(8)14)13(18)17-9(2)12-15-5-6-16-12/h3-7,9H,14H2,1-2H3,(H,15,16)(H,17,18). The molecule has 0 aliphatic heterocycles. The fraction of sp³-hybridized carbons (Fsp3) is 0.231. The molecule has 1 heterocycles. The van der Waals surface area contributed by atoms with Gasteiger partial charge in [0.05, 0.1) is 6.04 Å². The summed E-state index contributed by atoms with van der Waals surface area (Å²) in [5.41, 5.74) is 7.92. The summed E-state index contributed by atoms with van der Waals surface area (Å²) in [6.07, 6.45) is 3.38. The zero-order valence-corrected chi connectivity index (χ0v) is 10.4. The number of imidazole rings is 1. The minimum Gasteiger partial charge on any atom is -0.398 e. The normalized spacial score (nSPS) is 12.1. The molecule has 0 aliphatic carbocycles. The van der Waals surface area contributed by atoms with Gasteiger partial charge in [0, 0.05) is 23.6 Å². The Morgan fingerprint density at radius 1 is 1.50 bits per heavy atom. The maximum atomic E-state index is 12.0. The number of aromatic nitrogens is 2. The first-order chi connectivity index (χ1) is 8.58. The number of hydrogen-bond donors (Lipinski definition) is 3. The number of hydrogen-bond acceptors (Lipinski definition) is 3. The molecular formula is C13H16N4O. The van der Waals surface area contributed by atoms with Crippen LogP contribution in [0.15, 0.2) is 30.6 Å². The van der Waals surface area contributed by atoms with Crippen LogP contribution in [0.1, 0.15) is 34.7 Å². The SMILES string of the molecule is Cc1ccc(C(=O)NC(C)c2ncc[nH]2)cc1N. The molecule has 0 spiro atoms. The Morgan fingerprint density at radius 2 is 2.28 bits per heavy atom. The number of nitrogens with two attached hydrogens (primary N) is 1. The number of carbonyl (C=O) groups is 1. The molecule has 2 rings (SSSR count). The van der Waals surface area contributed by atoms with Crippen molar-refractivity contribution >= 4 is 11.6 Å². The van der Waals surface area contributed by atoms with Gasteiger partial charge in [-0.3, -0.25) is 4.79 Å². The number of aryl methyl sites for hydroxylation is 1. The molecule has 0 fully saturated rings. The molecule has 1 aromatic heterocycles. The summed E-state index contributed by atoms with van der Waals surface area (Å²) in [7, 11) is 0. The van der Waals surface area contributed by atoms with E-state index in [0.717, 1.165) is 11.4 Å². The Bertz CT molecular complexity index is 548. The van der Waals surface area contributed by atoms with Gasteiger partial charge in [-0.25, -0.2) is 4.98 Å². The molecule has 0 radical (unpaired) electrons. The van der Waals surface area contributed by atoms with Crippen LogP contribution in [-0.2, 0) is 0 Å². The minimum atomic E-state index is -0.171. The van der Waals surface area contributed by atoms with Crippen molar-refractivity contribution < 1.29 is 4.79 Å². The smallest absolute Gasteiger partial charge is 0.251 e. The largest absolute Gasteiger partial charge is 0.398 e. The summed E-state index contributed by atoms with van der Waals surface area (Å²) >= 11 is 0. The highest BCUT2D eigenvalue weighted by Gasteiger charge is 2.13. The van der Waals surface area contributed by atoms with E-state index in [0.29, 0.717) is 11.3 Å². The molecule has 1 atom stereocenters.